The standard InChI is InChI=1S/C16H15BrN2O/c1-2-9-19-14-6-4-3-5-13(14)18-16(19)12-8-7-11(17)10-15(12)20/h3-8,10,20H,2,9H2,1H3. The van der Waals surface area contributed by atoms with Crippen LogP contribution >= 0.6 is 15.9 Å². The van der Waals surface area contributed by atoms with Gasteiger partial charge in [-0.25, -0.2) is 4.98 Å². The van der Waals surface area contributed by atoms with Gasteiger partial charge in [-0.15, -0.1) is 0 Å². The number of aromatic nitrogens is 2. The lowest BCUT2D eigenvalue weighted by molar-refractivity contribution is 0.476. The topological polar surface area (TPSA) is 38.0 Å². The minimum Gasteiger partial charge on any atom is -0.507 e. The first-order chi connectivity index (χ1) is 9.70. The minimum absolute atomic E-state index is 0.243. The van der Waals surface area contributed by atoms with Crippen LogP contribution in [0.25, 0.3) is 22.4 Å². The predicted octanol–water partition coefficient (Wildman–Crippen LogP) is 4.58. The van der Waals surface area contributed by atoms with Gasteiger partial charge in [0.05, 0.1) is 16.6 Å². The van der Waals surface area contributed by atoms with Gasteiger partial charge in [-0.3, -0.25) is 0 Å². The average molecular weight is 331 g/mol. The van der Waals surface area contributed by atoms with Gasteiger partial charge in [0.25, 0.3) is 0 Å². The molecular formula is C16H15BrN2O. The monoisotopic (exact) mass is 330 g/mol. The van der Waals surface area contributed by atoms with E-state index in [1.165, 1.54) is 0 Å². The zero-order valence-corrected chi connectivity index (χ0v) is 12.8. The maximum Gasteiger partial charge on any atom is 0.144 e. The molecule has 0 spiro atoms. The number of benzene rings is 2. The number of phenolic OH excluding ortho intramolecular Hbond substituents is 1. The van der Waals surface area contributed by atoms with E-state index >= 15 is 0 Å². The Morgan fingerprint density at radius 2 is 2.00 bits per heavy atom. The Kier molecular flexibility index (Phi) is 3.49. The van der Waals surface area contributed by atoms with Crippen molar-refractivity contribution in [2.75, 3.05) is 0 Å². The van der Waals surface area contributed by atoms with Gasteiger partial charge in [0, 0.05) is 11.0 Å². The van der Waals surface area contributed by atoms with Gasteiger partial charge in [-0.05, 0) is 36.8 Å². The molecule has 0 aliphatic heterocycles. The minimum atomic E-state index is 0.243. The summed E-state index contributed by atoms with van der Waals surface area (Å²) in [5, 5.41) is 10.2. The Morgan fingerprint density at radius 1 is 1.20 bits per heavy atom. The van der Waals surface area contributed by atoms with Gasteiger partial charge in [0.2, 0.25) is 0 Å². The molecular weight excluding hydrogens is 316 g/mol. The number of aryl methyl sites for hydroxylation is 1. The first-order valence-corrected chi connectivity index (χ1v) is 7.44. The number of fused-ring (bicyclic) bond motifs is 1. The van der Waals surface area contributed by atoms with Crippen LogP contribution in [0.2, 0.25) is 0 Å². The number of nitrogens with zero attached hydrogens (tertiary/aromatic N) is 2. The van der Waals surface area contributed by atoms with E-state index in [4.69, 9.17) is 0 Å². The SMILES string of the molecule is CCCn1c(-c2ccc(Br)cc2O)nc2ccccc21. The van der Waals surface area contributed by atoms with Crippen molar-refractivity contribution in [3.63, 3.8) is 0 Å². The summed E-state index contributed by atoms with van der Waals surface area (Å²) in [6.45, 7) is 3.02. The third kappa shape index (κ3) is 2.20. The second-order valence-corrected chi connectivity index (χ2v) is 5.65. The Morgan fingerprint density at radius 3 is 2.75 bits per heavy atom. The summed E-state index contributed by atoms with van der Waals surface area (Å²) < 4.78 is 3.02. The zero-order valence-electron chi connectivity index (χ0n) is 11.2. The highest BCUT2D eigenvalue weighted by Gasteiger charge is 2.14. The van der Waals surface area contributed by atoms with Gasteiger partial charge in [-0.1, -0.05) is 35.0 Å². The molecule has 0 amide bonds. The van der Waals surface area contributed by atoms with Crippen LogP contribution in [0.5, 0.6) is 5.75 Å². The van der Waals surface area contributed by atoms with Gasteiger partial charge < -0.3 is 9.67 Å². The van der Waals surface area contributed by atoms with Gasteiger partial charge in [0.1, 0.15) is 11.6 Å². The predicted molar refractivity (Wildman–Crippen MR) is 84.8 cm³/mol. The van der Waals surface area contributed by atoms with E-state index in [0.29, 0.717) is 0 Å². The highest BCUT2D eigenvalue weighted by atomic mass is 79.9. The van der Waals surface area contributed by atoms with Crippen LogP contribution in [-0.2, 0) is 6.54 Å². The fourth-order valence-electron chi connectivity index (χ4n) is 2.42. The Hall–Kier alpha value is -1.81. The van der Waals surface area contributed by atoms with Crippen molar-refractivity contribution in [1.29, 1.82) is 0 Å². The molecule has 3 aromatic rings. The lowest BCUT2D eigenvalue weighted by Gasteiger charge is -2.09. The zero-order chi connectivity index (χ0) is 14.1. The molecule has 0 aliphatic carbocycles. The Balaban J connectivity index is 2.26. The highest BCUT2D eigenvalue weighted by molar-refractivity contribution is 9.10. The van der Waals surface area contributed by atoms with Crippen molar-refractivity contribution < 1.29 is 5.11 Å². The number of hydrogen-bond donors (Lipinski definition) is 1. The van der Waals surface area contributed by atoms with E-state index in [2.05, 4.69) is 38.5 Å². The van der Waals surface area contributed by atoms with Gasteiger partial charge in [-0.2, -0.15) is 0 Å². The molecule has 3 rings (SSSR count). The first kappa shape index (κ1) is 13.2. The van der Waals surface area contributed by atoms with Crippen LogP contribution < -0.4 is 0 Å². The van der Waals surface area contributed by atoms with Gasteiger partial charge in [0.15, 0.2) is 0 Å². The van der Waals surface area contributed by atoms with Crippen LogP contribution in [0, 0.1) is 0 Å². The summed E-state index contributed by atoms with van der Waals surface area (Å²) in [6, 6.07) is 13.6. The van der Waals surface area contributed by atoms with Crippen LogP contribution in [0.4, 0.5) is 0 Å². The molecule has 0 saturated heterocycles. The third-order valence-electron chi connectivity index (χ3n) is 3.30. The molecule has 0 fully saturated rings. The molecule has 20 heavy (non-hydrogen) atoms. The summed E-state index contributed by atoms with van der Waals surface area (Å²) >= 11 is 3.37. The lowest BCUT2D eigenvalue weighted by Crippen LogP contribution is -1.99. The number of para-hydroxylation sites is 2. The fraction of sp³-hybridized carbons (Fsp3) is 0.188. The van der Waals surface area contributed by atoms with Crippen molar-refractivity contribution in [3.05, 3.63) is 46.9 Å². The van der Waals surface area contributed by atoms with E-state index < -0.39 is 0 Å². The molecule has 3 nitrogen and oxygen atoms in total. The van der Waals surface area contributed by atoms with E-state index in [1.54, 1.807) is 6.07 Å². The van der Waals surface area contributed by atoms with Gasteiger partial charge >= 0.3 is 0 Å². The average Bonchev–Trinajstić information content (AvgIpc) is 2.78. The fourth-order valence-corrected chi connectivity index (χ4v) is 2.77. The summed E-state index contributed by atoms with van der Waals surface area (Å²) in [7, 11) is 0. The molecule has 4 heteroatoms. The molecule has 0 aliphatic rings. The third-order valence-corrected chi connectivity index (χ3v) is 3.80. The summed E-state index contributed by atoms with van der Waals surface area (Å²) in [4.78, 5) is 4.68. The van der Waals surface area contributed by atoms with E-state index in [-0.39, 0.29) is 5.75 Å². The van der Waals surface area contributed by atoms with Crippen LogP contribution in [0.15, 0.2) is 46.9 Å². The molecule has 102 valence electrons. The number of imidazole rings is 1. The summed E-state index contributed by atoms with van der Waals surface area (Å²) in [5.41, 5.74) is 2.82. The molecule has 1 aromatic heterocycles. The summed E-state index contributed by atoms with van der Waals surface area (Å²) in [6.07, 6.45) is 1.02. The molecule has 2 aromatic carbocycles. The largest absolute Gasteiger partial charge is 0.507 e. The molecule has 0 unspecified atom stereocenters. The van der Waals surface area contributed by atoms with E-state index in [1.807, 2.05) is 30.3 Å². The summed E-state index contributed by atoms with van der Waals surface area (Å²) in [5.74, 6) is 1.06. The quantitative estimate of drug-likeness (QED) is 0.763. The molecule has 0 bridgehead atoms. The maximum absolute atomic E-state index is 10.2. The second kappa shape index (κ2) is 5.29. The second-order valence-electron chi connectivity index (χ2n) is 4.74. The van der Waals surface area contributed by atoms with Crippen LogP contribution in [0.1, 0.15) is 13.3 Å². The lowest BCUT2D eigenvalue weighted by atomic mass is 10.2. The van der Waals surface area contributed by atoms with Crippen molar-refractivity contribution in [2.45, 2.75) is 19.9 Å². The number of aromatic hydroxyl groups is 1. The smallest absolute Gasteiger partial charge is 0.144 e. The number of halogens is 1. The highest BCUT2D eigenvalue weighted by Crippen LogP contribution is 2.33. The molecule has 0 radical (unpaired) electrons. The molecule has 0 atom stereocenters. The van der Waals surface area contributed by atoms with Crippen molar-refractivity contribution >= 4 is 27.0 Å². The Bertz CT molecular complexity index is 764. The van der Waals surface area contributed by atoms with Crippen molar-refractivity contribution in [3.8, 4) is 17.1 Å². The first-order valence-electron chi connectivity index (χ1n) is 6.65. The molecule has 1 heterocycles. The van der Waals surface area contributed by atoms with Crippen LogP contribution in [0.3, 0.4) is 0 Å². The van der Waals surface area contributed by atoms with Crippen LogP contribution in [-0.4, -0.2) is 14.7 Å². The molecule has 1 N–H and O–H groups in total. The van der Waals surface area contributed by atoms with E-state index in [0.717, 1.165) is 39.9 Å². The Labute approximate surface area is 126 Å². The number of rotatable bonds is 3. The van der Waals surface area contributed by atoms with E-state index in [9.17, 15) is 5.11 Å². The van der Waals surface area contributed by atoms with Crippen molar-refractivity contribution in [1.82, 2.24) is 9.55 Å². The number of hydrogen-bond acceptors (Lipinski definition) is 2. The van der Waals surface area contributed by atoms with Crippen molar-refractivity contribution in [2.24, 2.45) is 0 Å². The maximum atomic E-state index is 10.2. The normalized spacial score (nSPS) is 11.1. The molecule has 0 saturated carbocycles. The number of phenols is 1.